The van der Waals surface area contributed by atoms with Crippen LogP contribution >= 0.6 is 0 Å². The molecule has 0 spiro atoms. The first-order valence-electron chi connectivity index (χ1n) is 9.52. The second-order valence-corrected chi connectivity index (χ2v) is 6.91. The summed E-state index contributed by atoms with van der Waals surface area (Å²) in [5.74, 6) is -0.270. The van der Waals surface area contributed by atoms with Gasteiger partial charge in [-0.05, 0) is 29.8 Å². The van der Waals surface area contributed by atoms with E-state index in [2.05, 4.69) is 10.3 Å². The van der Waals surface area contributed by atoms with Crippen molar-refractivity contribution in [3.8, 4) is 0 Å². The van der Waals surface area contributed by atoms with Gasteiger partial charge in [-0.15, -0.1) is 0 Å². The zero-order chi connectivity index (χ0) is 20.2. The number of aromatic amines is 1. The fourth-order valence-corrected chi connectivity index (χ4v) is 3.38. The van der Waals surface area contributed by atoms with Crippen LogP contribution in [-0.4, -0.2) is 52.6 Å². The lowest BCUT2D eigenvalue weighted by molar-refractivity contribution is -0.121. The van der Waals surface area contributed by atoms with Gasteiger partial charge in [0.25, 0.3) is 5.91 Å². The summed E-state index contributed by atoms with van der Waals surface area (Å²) in [6.07, 6.45) is 0. The molecule has 1 fully saturated rings. The Morgan fingerprint density at radius 2 is 1.76 bits per heavy atom. The van der Waals surface area contributed by atoms with Gasteiger partial charge in [0.15, 0.2) is 0 Å². The monoisotopic (exact) mass is 394 g/mol. The maximum Gasteiger partial charge on any atom is 0.326 e. The van der Waals surface area contributed by atoms with Gasteiger partial charge in [0.1, 0.15) is 6.54 Å². The van der Waals surface area contributed by atoms with Crippen LogP contribution in [0.1, 0.15) is 15.9 Å². The van der Waals surface area contributed by atoms with Crippen molar-refractivity contribution in [2.24, 2.45) is 0 Å². The van der Waals surface area contributed by atoms with Gasteiger partial charge in [0, 0.05) is 25.2 Å². The molecule has 0 bridgehead atoms. The predicted octanol–water partition coefficient (Wildman–Crippen LogP) is 1.12. The summed E-state index contributed by atoms with van der Waals surface area (Å²) >= 11 is 0. The predicted molar refractivity (Wildman–Crippen MR) is 108 cm³/mol. The molecule has 8 nitrogen and oxygen atoms in total. The molecule has 29 heavy (non-hydrogen) atoms. The molecule has 2 aromatic carbocycles. The summed E-state index contributed by atoms with van der Waals surface area (Å²) in [7, 11) is 0. The Balaban J connectivity index is 1.35. The minimum atomic E-state index is -0.313. The number of carbonyl (C=O) groups excluding carboxylic acids is 2. The minimum absolute atomic E-state index is 0.0115. The summed E-state index contributed by atoms with van der Waals surface area (Å²) in [6, 6.07) is 14.4. The van der Waals surface area contributed by atoms with Crippen molar-refractivity contribution in [1.29, 1.82) is 0 Å². The van der Waals surface area contributed by atoms with Crippen LogP contribution in [0, 0.1) is 0 Å². The Morgan fingerprint density at radius 3 is 2.52 bits per heavy atom. The number of imidazole rings is 1. The third-order valence-corrected chi connectivity index (χ3v) is 4.97. The topological polar surface area (TPSA) is 96.4 Å². The number of para-hydroxylation sites is 2. The highest BCUT2D eigenvalue weighted by Crippen LogP contribution is 2.10. The largest absolute Gasteiger partial charge is 0.378 e. The lowest BCUT2D eigenvalue weighted by atomic mass is 10.1. The molecule has 4 rings (SSSR count). The Morgan fingerprint density at radius 1 is 1.03 bits per heavy atom. The highest BCUT2D eigenvalue weighted by Gasteiger charge is 2.18. The van der Waals surface area contributed by atoms with Gasteiger partial charge < -0.3 is 19.9 Å². The van der Waals surface area contributed by atoms with Crippen LogP contribution in [0.4, 0.5) is 0 Å². The molecule has 0 saturated carbocycles. The molecule has 0 radical (unpaired) electrons. The molecule has 0 unspecified atom stereocenters. The van der Waals surface area contributed by atoms with Crippen molar-refractivity contribution in [3.63, 3.8) is 0 Å². The van der Waals surface area contributed by atoms with E-state index in [0.29, 0.717) is 49.4 Å². The number of nitrogens with zero attached hydrogens (tertiary/aromatic N) is 2. The van der Waals surface area contributed by atoms with Crippen molar-refractivity contribution in [1.82, 2.24) is 19.8 Å². The highest BCUT2D eigenvalue weighted by molar-refractivity contribution is 5.94. The first-order chi connectivity index (χ1) is 14.1. The van der Waals surface area contributed by atoms with E-state index in [1.54, 1.807) is 29.2 Å². The van der Waals surface area contributed by atoms with Crippen LogP contribution in [0.15, 0.2) is 53.3 Å². The normalized spacial score (nSPS) is 14.1. The average Bonchev–Trinajstić information content (AvgIpc) is 3.08. The van der Waals surface area contributed by atoms with E-state index in [0.717, 1.165) is 5.56 Å². The van der Waals surface area contributed by atoms with Gasteiger partial charge in [-0.25, -0.2) is 4.79 Å². The number of morpholine rings is 1. The van der Waals surface area contributed by atoms with E-state index in [1.165, 1.54) is 4.57 Å². The van der Waals surface area contributed by atoms with E-state index in [4.69, 9.17) is 4.74 Å². The zero-order valence-electron chi connectivity index (χ0n) is 15.9. The first-order valence-corrected chi connectivity index (χ1v) is 9.52. The molecule has 2 amide bonds. The third-order valence-electron chi connectivity index (χ3n) is 4.97. The van der Waals surface area contributed by atoms with Crippen molar-refractivity contribution >= 4 is 22.8 Å². The maximum absolute atomic E-state index is 12.5. The Bertz CT molecular complexity index is 1080. The fourth-order valence-electron chi connectivity index (χ4n) is 3.38. The number of ether oxygens (including phenoxy) is 1. The number of nitrogens with one attached hydrogen (secondary N) is 2. The molecule has 8 heteroatoms. The van der Waals surface area contributed by atoms with Gasteiger partial charge in [-0.2, -0.15) is 0 Å². The standard InChI is InChI=1S/C21H22N4O4/c26-19(14-25-18-4-2-1-3-17(18)23-21(25)28)22-13-15-5-7-16(8-6-15)20(27)24-9-11-29-12-10-24/h1-8H,9-14H2,(H,22,26)(H,23,28). The van der Waals surface area contributed by atoms with Gasteiger partial charge in [0.05, 0.1) is 24.2 Å². The van der Waals surface area contributed by atoms with E-state index < -0.39 is 0 Å². The SMILES string of the molecule is O=C(Cn1c(=O)[nH]c2ccccc21)NCc1ccc(C(=O)N2CCOCC2)cc1. The number of benzene rings is 2. The van der Waals surface area contributed by atoms with Crippen molar-refractivity contribution in [2.45, 2.75) is 13.1 Å². The number of H-pyrrole nitrogens is 1. The van der Waals surface area contributed by atoms with Crippen molar-refractivity contribution in [2.75, 3.05) is 26.3 Å². The molecule has 0 aliphatic carbocycles. The molecule has 150 valence electrons. The Hall–Kier alpha value is -3.39. The maximum atomic E-state index is 12.5. The molecule has 2 heterocycles. The number of hydrogen-bond acceptors (Lipinski definition) is 4. The molecule has 0 atom stereocenters. The molecule has 1 aliphatic rings. The van der Waals surface area contributed by atoms with E-state index in [1.807, 2.05) is 24.3 Å². The second kappa shape index (κ2) is 8.32. The smallest absolute Gasteiger partial charge is 0.326 e. The first kappa shape index (κ1) is 18.9. The van der Waals surface area contributed by atoms with Crippen LogP contribution < -0.4 is 11.0 Å². The fraction of sp³-hybridized carbons (Fsp3) is 0.286. The third kappa shape index (κ3) is 4.22. The Kier molecular flexibility index (Phi) is 5.44. The van der Waals surface area contributed by atoms with Crippen LogP contribution in [0.25, 0.3) is 11.0 Å². The van der Waals surface area contributed by atoms with Crippen LogP contribution in [0.2, 0.25) is 0 Å². The quantitative estimate of drug-likeness (QED) is 0.678. The number of aromatic nitrogens is 2. The number of amides is 2. The van der Waals surface area contributed by atoms with Gasteiger partial charge in [-0.3, -0.25) is 14.2 Å². The number of carbonyl (C=O) groups is 2. The van der Waals surface area contributed by atoms with Gasteiger partial charge >= 0.3 is 5.69 Å². The summed E-state index contributed by atoms with van der Waals surface area (Å²) in [6.45, 7) is 2.59. The van der Waals surface area contributed by atoms with Crippen molar-refractivity contribution < 1.29 is 14.3 Å². The highest BCUT2D eigenvalue weighted by atomic mass is 16.5. The lowest BCUT2D eigenvalue weighted by Crippen LogP contribution is -2.40. The molecule has 1 aromatic heterocycles. The number of hydrogen-bond donors (Lipinski definition) is 2. The van der Waals surface area contributed by atoms with Gasteiger partial charge in [0.2, 0.25) is 5.91 Å². The summed E-state index contributed by atoms with van der Waals surface area (Å²) in [4.78, 5) is 41.3. The second-order valence-electron chi connectivity index (χ2n) is 6.91. The molecule has 3 aromatic rings. The summed E-state index contributed by atoms with van der Waals surface area (Å²) in [5, 5.41) is 2.82. The van der Waals surface area contributed by atoms with E-state index in [-0.39, 0.29) is 24.0 Å². The lowest BCUT2D eigenvalue weighted by Gasteiger charge is -2.26. The molecule has 1 saturated heterocycles. The molecular formula is C21H22N4O4. The molecular weight excluding hydrogens is 372 g/mol. The summed E-state index contributed by atoms with van der Waals surface area (Å²) in [5.41, 5.74) is 2.58. The molecule has 2 N–H and O–H groups in total. The van der Waals surface area contributed by atoms with E-state index in [9.17, 15) is 14.4 Å². The minimum Gasteiger partial charge on any atom is -0.378 e. The van der Waals surface area contributed by atoms with Gasteiger partial charge in [-0.1, -0.05) is 24.3 Å². The number of fused-ring (bicyclic) bond motifs is 1. The number of rotatable bonds is 5. The van der Waals surface area contributed by atoms with Crippen LogP contribution in [-0.2, 0) is 22.6 Å². The average molecular weight is 394 g/mol. The van der Waals surface area contributed by atoms with Crippen LogP contribution in [0.3, 0.4) is 0 Å². The Labute approximate surface area is 167 Å². The molecule has 1 aliphatic heterocycles. The zero-order valence-corrected chi connectivity index (χ0v) is 15.9. The van der Waals surface area contributed by atoms with E-state index >= 15 is 0 Å². The van der Waals surface area contributed by atoms with Crippen LogP contribution in [0.5, 0.6) is 0 Å². The summed E-state index contributed by atoms with van der Waals surface area (Å²) < 4.78 is 6.68. The van der Waals surface area contributed by atoms with Crippen molar-refractivity contribution in [3.05, 3.63) is 70.1 Å².